The second kappa shape index (κ2) is 7.55. The predicted molar refractivity (Wildman–Crippen MR) is 104 cm³/mol. The maximum absolute atomic E-state index is 12.3. The number of hydrogen-bond acceptors (Lipinski definition) is 5. The summed E-state index contributed by atoms with van der Waals surface area (Å²) < 4.78 is 3.24. The molecule has 4 aromatic rings. The first kappa shape index (κ1) is 17.2. The summed E-state index contributed by atoms with van der Waals surface area (Å²) in [6.45, 7) is 0.690. The smallest absolute Gasteiger partial charge is 0.262 e. The minimum absolute atomic E-state index is 0.113. The van der Waals surface area contributed by atoms with Gasteiger partial charge in [0, 0.05) is 31.3 Å². The number of thiophene rings is 1. The normalized spacial score (nSPS) is 11.0. The van der Waals surface area contributed by atoms with Crippen LogP contribution in [-0.4, -0.2) is 25.2 Å². The van der Waals surface area contributed by atoms with Crippen molar-refractivity contribution in [2.75, 3.05) is 0 Å². The number of aromatic nitrogens is 4. The average molecular weight is 379 g/mol. The number of carbonyl (C=O) groups excluding carboxylic acids is 1. The molecule has 3 aromatic heterocycles. The van der Waals surface area contributed by atoms with E-state index in [0.717, 1.165) is 16.1 Å². The van der Waals surface area contributed by atoms with Crippen molar-refractivity contribution < 1.29 is 4.79 Å². The van der Waals surface area contributed by atoms with Gasteiger partial charge in [0.2, 0.25) is 5.91 Å². The SMILES string of the molecule is O=C(CCn1cnc2sccc2c1=O)NCc1cnn(-c2ccccc2)c1. The highest BCUT2D eigenvalue weighted by molar-refractivity contribution is 7.16. The van der Waals surface area contributed by atoms with Crippen molar-refractivity contribution in [3.05, 3.63) is 76.4 Å². The second-order valence-electron chi connectivity index (χ2n) is 6.04. The van der Waals surface area contributed by atoms with Crippen LogP contribution in [0.4, 0.5) is 0 Å². The Hall–Kier alpha value is -3.26. The van der Waals surface area contributed by atoms with Crippen molar-refractivity contribution in [1.29, 1.82) is 0 Å². The van der Waals surface area contributed by atoms with Crippen molar-refractivity contribution in [3.63, 3.8) is 0 Å². The zero-order valence-electron chi connectivity index (χ0n) is 14.4. The molecule has 0 atom stereocenters. The number of benzene rings is 1. The molecule has 1 N–H and O–H groups in total. The van der Waals surface area contributed by atoms with E-state index >= 15 is 0 Å². The first-order valence-corrected chi connectivity index (χ1v) is 9.37. The van der Waals surface area contributed by atoms with Gasteiger partial charge in [-0.05, 0) is 23.6 Å². The Kier molecular flexibility index (Phi) is 4.80. The number of nitrogens with one attached hydrogen (secondary N) is 1. The predicted octanol–water partition coefficient (Wildman–Crippen LogP) is 2.35. The highest BCUT2D eigenvalue weighted by Crippen LogP contribution is 2.13. The van der Waals surface area contributed by atoms with Gasteiger partial charge in [-0.1, -0.05) is 18.2 Å². The van der Waals surface area contributed by atoms with E-state index in [1.54, 1.807) is 16.9 Å². The van der Waals surface area contributed by atoms with Crippen molar-refractivity contribution in [3.8, 4) is 5.69 Å². The summed E-state index contributed by atoms with van der Waals surface area (Å²) in [5.74, 6) is -0.125. The number of nitrogens with zero attached hydrogens (tertiary/aromatic N) is 4. The molecule has 0 fully saturated rings. The first-order chi connectivity index (χ1) is 13.2. The van der Waals surface area contributed by atoms with E-state index in [-0.39, 0.29) is 17.9 Å². The van der Waals surface area contributed by atoms with Crippen molar-refractivity contribution in [2.24, 2.45) is 0 Å². The number of fused-ring (bicyclic) bond motifs is 1. The maximum atomic E-state index is 12.3. The van der Waals surface area contributed by atoms with E-state index in [9.17, 15) is 9.59 Å². The molecule has 0 aliphatic heterocycles. The van der Waals surface area contributed by atoms with Crippen LogP contribution >= 0.6 is 11.3 Å². The van der Waals surface area contributed by atoms with E-state index in [4.69, 9.17) is 0 Å². The second-order valence-corrected chi connectivity index (χ2v) is 6.93. The van der Waals surface area contributed by atoms with Gasteiger partial charge in [-0.25, -0.2) is 9.67 Å². The Labute approximate surface area is 158 Å². The molecule has 0 saturated carbocycles. The lowest BCUT2D eigenvalue weighted by Gasteiger charge is -2.06. The van der Waals surface area contributed by atoms with E-state index < -0.39 is 0 Å². The fraction of sp³-hybridized carbons (Fsp3) is 0.158. The average Bonchev–Trinajstić information content (AvgIpc) is 3.36. The van der Waals surface area contributed by atoms with Gasteiger partial charge in [-0.3, -0.25) is 14.2 Å². The van der Waals surface area contributed by atoms with Gasteiger partial charge < -0.3 is 5.32 Å². The van der Waals surface area contributed by atoms with Gasteiger partial charge >= 0.3 is 0 Å². The number of amides is 1. The van der Waals surface area contributed by atoms with Crippen molar-refractivity contribution in [1.82, 2.24) is 24.6 Å². The van der Waals surface area contributed by atoms with Crippen molar-refractivity contribution >= 4 is 27.5 Å². The molecule has 8 heteroatoms. The van der Waals surface area contributed by atoms with Crippen LogP contribution in [0.15, 0.2) is 65.3 Å². The maximum Gasteiger partial charge on any atom is 0.262 e. The molecule has 0 aliphatic rings. The zero-order valence-corrected chi connectivity index (χ0v) is 15.2. The third-order valence-electron chi connectivity index (χ3n) is 4.18. The van der Waals surface area contributed by atoms with Crippen LogP contribution in [0.5, 0.6) is 0 Å². The summed E-state index contributed by atoms with van der Waals surface area (Å²) in [5.41, 5.74) is 1.76. The van der Waals surface area contributed by atoms with E-state index in [0.29, 0.717) is 18.5 Å². The molecule has 27 heavy (non-hydrogen) atoms. The van der Waals surface area contributed by atoms with E-state index in [2.05, 4.69) is 15.4 Å². The Morgan fingerprint density at radius 3 is 2.89 bits per heavy atom. The van der Waals surface area contributed by atoms with Gasteiger partial charge in [0.05, 0.1) is 23.6 Å². The fourth-order valence-electron chi connectivity index (χ4n) is 2.74. The Morgan fingerprint density at radius 2 is 2.04 bits per heavy atom. The molecule has 0 bridgehead atoms. The molecule has 0 saturated heterocycles. The molecule has 1 aromatic carbocycles. The van der Waals surface area contributed by atoms with Crippen LogP contribution < -0.4 is 10.9 Å². The monoisotopic (exact) mass is 379 g/mol. The summed E-state index contributed by atoms with van der Waals surface area (Å²) >= 11 is 1.43. The summed E-state index contributed by atoms with van der Waals surface area (Å²) in [5, 5.41) is 9.60. The summed E-state index contributed by atoms with van der Waals surface area (Å²) in [6.07, 6.45) is 5.32. The van der Waals surface area contributed by atoms with Crippen LogP contribution in [-0.2, 0) is 17.9 Å². The fourth-order valence-corrected chi connectivity index (χ4v) is 3.46. The zero-order chi connectivity index (χ0) is 18.6. The third kappa shape index (κ3) is 3.80. The largest absolute Gasteiger partial charge is 0.352 e. The highest BCUT2D eigenvalue weighted by Gasteiger charge is 2.08. The molecule has 3 heterocycles. The highest BCUT2D eigenvalue weighted by atomic mass is 32.1. The molecule has 4 rings (SSSR count). The summed E-state index contributed by atoms with van der Waals surface area (Å²) in [4.78, 5) is 29.4. The van der Waals surface area contributed by atoms with Crippen LogP contribution in [0.1, 0.15) is 12.0 Å². The molecule has 0 radical (unpaired) electrons. The van der Waals surface area contributed by atoms with E-state index in [1.807, 2.05) is 41.9 Å². The van der Waals surface area contributed by atoms with Gasteiger partial charge in [0.25, 0.3) is 5.56 Å². The number of aryl methyl sites for hydroxylation is 1. The van der Waals surface area contributed by atoms with Gasteiger partial charge in [-0.15, -0.1) is 11.3 Å². The lowest BCUT2D eigenvalue weighted by molar-refractivity contribution is -0.121. The molecule has 136 valence electrons. The van der Waals surface area contributed by atoms with Gasteiger partial charge in [-0.2, -0.15) is 5.10 Å². The number of carbonyl (C=O) groups is 1. The van der Waals surface area contributed by atoms with Crippen molar-refractivity contribution in [2.45, 2.75) is 19.5 Å². The Morgan fingerprint density at radius 1 is 1.19 bits per heavy atom. The van der Waals surface area contributed by atoms with Crippen LogP contribution in [0.25, 0.3) is 15.9 Å². The molecule has 7 nitrogen and oxygen atoms in total. The van der Waals surface area contributed by atoms with Crippen LogP contribution in [0, 0.1) is 0 Å². The molecule has 1 amide bonds. The molecule has 0 spiro atoms. The standard InChI is InChI=1S/C19H17N5O2S/c25-17(6-8-23-13-21-18-16(19(23)26)7-9-27-18)20-10-14-11-22-24(12-14)15-4-2-1-3-5-15/h1-5,7,9,11-13H,6,8,10H2,(H,20,25). The van der Waals surface area contributed by atoms with E-state index in [1.165, 1.54) is 22.2 Å². The minimum atomic E-state index is -0.125. The molecule has 0 unspecified atom stereocenters. The lowest BCUT2D eigenvalue weighted by atomic mass is 10.3. The van der Waals surface area contributed by atoms with Gasteiger partial charge in [0.15, 0.2) is 0 Å². The summed E-state index contributed by atoms with van der Waals surface area (Å²) in [6, 6.07) is 11.5. The van der Waals surface area contributed by atoms with Crippen LogP contribution in [0.2, 0.25) is 0 Å². The lowest BCUT2D eigenvalue weighted by Crippen LogP contribution is -2.27. The van der Waals surface area contributed by atoms with Gasteiger partial charge in [0.1, 0.15) is 4.83 Å². The summed E-state index contributed by atoms with van der Waals surface area (Å²) in [7, 11) is 0. The Bertz CT molecular complexity index is 1130. The topological polar surface area (TPSA) is 81.8 Å². The molecular formula is C19H17N5O2S. The number of para-hydroxylation sites is 1. The number of rotatable bonds is 6. The number of hydrogen-bond donors (Lipinski definition) is 1. The van der Waals surface area contributed by atoms with Crippen LogP contribution in [0.3, 0.4) is 0 Å². The Balaban J connectivity index is 1.33. The molecular weight excluding hydrogens is 362 g/mol. The first-order valence-electron chi connectivity index (χ1n) is 8.49. The minimum Gasteiger partial charge on any atom is -0.352 e. The molecule has 0 aliphatic carbocycles. The quantitative estimate of drug-likeness (QED) is 0.558. The third-order valence-corrected chi connectivity index (χ3v) is 5.00.